The molecule has 2 rings (SSSR count). The second-order valence-corrected chi connectivity index (χ2v) is 3.55. The van der Waals surface area contributed by atoms with E-state index in [-0.39, 0.29) is 12.1 Å². The Morgan fingerprint density at radius 2 is 2.14 bits per heavy atom. The maximum absolute atomic E-state index is 11.4. The largest absolute Gasteiger partial charge is 0.480 e. The van der Waals surface area contributed by atoms with E-state index in [9.17, 15) is 9.59 Å². The van der Waals surface area contributed by atoms with Crippen LogP contribution in [0.2, 0.25) is 0 Å². The molecule has 1 heterocycles. The van der Waals surface area contributed by atoms with Crippen LogP contribution < -0.4 is 5.56 Å². The molecule has 0 saturated carbocycles. The van der Waals surface area contributed by atoms with E-state index in [1.807, 2.05) is 0 Å². The Labute approximate surface area is 80.3 Å². The number of hydrogen-bond donors (Lipinski definition) is 2. The third kappa shape index (κ3) is 1.45. The zero-order chi connectivity index (χ0) is 10.1. The first kappa shape index (κ1) is 9.05. The van der Waals surface area contributed by atoms with Gasteiger partial charge in [-0.15, -0.1) is 0 Å². The molecular formula is C9H12N2O3. The van der Waals surface area contributed by atoms with Crippen molar-refractivity contribution >= 4 is 5.97 Å². The minimum atomic E-state index is -0.926. The maximum Gasteiger partial charge on any atom is 0.325 e. The van der Waals surface area contributed by atoms with Crippen molar-refractivity contribution in [3.8, 4) is 0 Å². The highest BCUT2D eigenvalue weighted by Gasteiger charge is 2.18. The number of carbonyl (C=O) groups is 1. The number of aromatic nitrogens is 2. The Morgan fingerprint density at radius 1 is 1.43 bits per heavy atom. The zero-order valence-corrected chi connectivity index (χ0v) is 7.75. The van der Waals surface area contributed by atoms with Gasteiger partial charge in [-0.1, -0.05) is 0 Å². The molecule has 1 aromatic heterocycles. The first-order valence-corrected chi connectivity index (χ1v) is 4.71. The number of hydrogen-bond acceptors (Lipinski definition) is 2. The molecule has 1 aliphatic rings. The molecule has 76 valence electrons. The Bertz CT molecular complexity index is 416. The van der Waals surface area contributed by atoms with Gasteiger partial charge in [-0.2, -0.15) is 0 Å². The smallest absolute Gasteiger partial charge is 0.325 e. The van der Waals surface area contributed by atoms with E-state index in [0.29, 0.717) is 0 Å². The molecule has 0 unspecified atom stereocenters. The Morgan fingerprint density at radius 3 is 2.86 bits per heavy atom. The fraction of sp³-hybridized carbons (Fsp3) is 0.556. The van der Waals surface area contributed by atoms with Crippen molar-refractivity contribution in [2.45, 2.75) is 32.2 Å². The summed E-state index contributed by atoms with van der Waals surface area (Å²) in [7, 11) is 0. The van der Waals surface area contributed by atoms with Crippen molar-refractivity contribution in [1.82, 2.24) is 9.78 Å². The highest BCUT2D eigenvalue weighted by molar-refractivity contribution is 5.66. The summed E-state index contributed by atoms with van der Waals surface area (Å²) in [6.45, 7) is -0.148. The summed E-state index contributed by atoms with van der Waals surface area (Å²) in [6, 6.07) is 0. The van der Waals surface area contributed by atoms with E-state index in [0.717, 1.165) is 36.9 Å². The monoisotopic (exact) mass is 196 g/mol. The topological polar surface area (TPSA) is 75.1 Å². The highest BCUT2D eigenvalue weighted by Crippen LogP contribution is 2.17. The molecule has 0 bridgehead atoms. The van der Waals surface area contributed by atoms with Gasteiger partial charge in [-0.25, -0.2) is 0 Å². The van der Waals surface area contributed by atoms with Crippen molar-refractivity contribution < 1.29 is 9.90 Å². The van der Waals surface area contributed by atoms with Crippen LogP contribution in [0.15, 0.2) is 4.79 Å². The minimum Gasteiger partial charge on any atom is -0.480 e. The lowest BCUT2D eigenvalue weighted by molar-refractivity contribution is -0.137. The fourth-order valence-corrected chi connectivity index (χ4v) is 1.96. The van der Waals surface area contributed by atoms with Gasteiger partial charge in [0.25, 0.3) is 5.56 Å². The summed E-state index contributed by atoms with van der Waals surface area (Å²) in [5.41, 5.74) is 1.53. The van der Waals surface area contributed by atoms with E-state index < -0.39 is 5.97 Å². The average Bonchev–Trinajstić information content (AvgIpc) is 2.44. The summed E-state index contributed by atoms with van der Waals surface area (Å²) in [6.07, 6.45) is 3.63. The van der Waals surface area contributed by atoms with Crippen LogP contribution in [0, 0.1) is 0 Å². The van der Waals surface area contributed by atoms with Crippen LogP contribution in [0.5, 0.6) is 0 Å². The molecule has 1 aliphatic carbocycles. The van der Waals surface area contributed by atoms with Crippen molar-refractivity contribution in [2.75, 3.05) is 0 Å². The normalized spacial score (nSPS) is 15.1. The van der Waals surface area contributed by atoms with Crippen molar-refractivity contribution in [1.29, 1.82) is 0 Å². The number of rotatable bonds is 2. The molecule has 0 aromatic carbocycles. The van der Waals surface area contributed by atoms with Gasteiger partial charge < -0.3 is 5.11 Å². The number of nitrogens with zero attached hydrogens (tertiary/aromatic N) is 1. The predicted molar refractivity (Wildman–Crippen MR) is 49.3 cm³/mol. The van der Waals surface area contributed by atoms with Crippen LogP contribution in [-0.2, 0) is 24.2 Å². The number of carboxylic acids is 1. The first-order valence-electron chi connectivity index (χ1n) is 4.71. The lowest BCUT2D eigenvalue weighted by Crippen LogP contribution is -2.15. The maximum atomic E-state index is 11.4. The predicted octanol–water partition coefficient (Wildman–Crippen LogP) is 0.140. The third-order valence-electron chi connectivity index (χ3n) is 2.57. The second kappa shape index (κ2) is 3.32. The molecule has 0 saturated heterocycles. The van der Waals surface area contributed by atoms with Crippen LogP contribution in [0.4, 0.5) is 0 Å². The SMILES string of the molecule is O=C(O)Cn1[nH]c(=O)c2c1CCCC2. The van der Waals surface area contributed by atoms with Gasteiger partial charge >= 0.3 is 5.97 Å². The van der Waals surface area contributed by atoms with Crippen LogP contribution in [0.1, 0.15) is 24.1 Å². The molecule has 5 nitrogen and oxygen atoms in total. The first-order chi connectivity index (χ1) is 6.68. The summed E-state index contributed by atoms with van der Waals surface area (Å²) in [5, 5.41) is 11.2. The van der Waals surface area contributed by atoms with Crippen molar-refractivity contribution in [3.63, 3.8) is 0 Å². The van der Waals surface area contributed by atoms with E-state index in [2.05, 4.69) is 5.10 Å². The van der Waals surface area contributed by atoms with E-state index in [1.165, 1.54) is 4.68 Å². The summed E-state index contributed by atoms with van der Waals surface area (Å²) in [5.74, 6) is -0.926. The summed E-state index contributed by atoms with van der Waals surface area (Å²) >= 11 is 0. The van der Waals surface area contributed by atoms with Crippen molar-refractivity contribution in [3.05, 3.63) is 21.6 Å². The molecular weight excluding hydrogens is 184 g/mol. The number of fused-ring (bicyclic) bond motifs is 1. The van der Waals surface area contributed by atoms with Gasteiger partial charge in [0.05, 0.1) is 0 Å². The number of carboxylic acid groups (broad SMARTS) is 1. The molecule has 0 atom stereocenters. The molecule has 0 fully saturated rings. The number of H-pyrrole nitrogens is 1. The van der Waals surface area contributed by atoms with Gasteiger partial charge in [0.15, 0.2) is 0 Å². The zero-order valence-electron chi connectivity index (χ0n) is 7.75. The number of aliphatic carboxylic acids is 1. The standard InChI is InChI=1S/C9H12N2O3/c12-8(13)5-11-7-4-2-1-3-6(7)9(14)10-11/h1-5H2,(H,10,14)(H,12,13). The lowest BCUT2D eigenvalue weighted by Gasteiger charge is -2.12. The molecule has 1 aromatic rings. The van der Waals surface area contributed by atoms with Gasteiger partial charge in [-0.05, 0) is 25.7 Å². The number of nitrogens with one attached hydrogen (secondary N) is 1. The van der Waals surface area contributed by atoms with Gasteiger partial charge in [0.1, 0.15) is 6.54 Å². The van der Waals surface area contributed by atoms with Gasteiger partial charge in [0.2, 0.25) is 0 Å². The van der Waals surface area contributed by atoms with Crippen LogP contribution in [0.3, 0.4) is 0 Å². The second-order valence-electron chi connectivity index (χ2n) is 3.55. The molecule has 0 aliphatic heterocycles. The quantitative estimate of drug-likeness (QED) is 0.706. The van der Waals surface area contributed by atoms with Gasteiger partial charge in [-0.3, -0.25) is 19.4 Å². The lowest BCUT2D eigenvalue weighted by atomic mass is 9.98. The van der Waals surface area contributed by atoms with E-state index in [1.54, 1.807) is 0 Å². The van der Waals surface area contributed by atoms with Crippen LogP contribution in [-0.4, -0.2) is 20.9 Å². The summed E-state index contributed by atoms with van der Waals surface area (Å²) in [4.78, 5) is 21.9. The fourth-order valence-electron chi connectivity index (χ4n) is 1.96. The van der Waals surface area contributed by atoms with E-state index in [4.69, 9.17) is 5.11 Å². The Hall–Kier alpha value is -1.52. The Balaban J connectivity index is 2.41. The summed E-state index contributed by atoms with van der Waals surface area (Å²) < 4.78 is 1.46. The molecule has 5 heteroatoms. The minimum absolute atomic E-state index is 0.124. The molecule has 0 amide bonds. The van der Waals surface area contributed by atoms with Gasteiger partial charge in [0, 0.05) is 11.3 Å². The third-order valence-corrected chi connectivity index (χ3v) is 2.57. The molecule has 14 heavy (non-hydrogen) atoms. The van der Waals surface area contributed by atoms with Crippen molar-refractivity contribution in [2.24, 2.45) is 0 Å². The number of aromatic amines is 1. The highest BCUT2D eigenvalue weighted by atomic mass is 16.4. The molecule has 0 spiro atoms. The molecule has 2 N–H and O–H groups in total. The molecule has 0 radical (unpaired) electrons. The van der Waals surface area contributed by atoms with E-state index >= 15 is 0 Å². The average molecular weight is 196 g/mol. The Kier molecular flexibility index (Phi) is 2.15. The van der Waals surface area contributed by atoms with Crippen LogP contribution in [0.25, 0.3) is 0 Å². The van der Waals surface area contributed by atoms with Crippen LogP contribution >= 0.6 is 0 Å².